The molecule has 31 heavy (non-hydrogen) atoms. The van der Waals surface area contributed by atoms with Gasteiger partial charge in [-0.15, -0.1) is 0 Å². The summed E-state index contributed by atoms with van der Waals surface area (Å²) in [6.45, 7) is -0.610. The molecule has 0 amide bonds. The normalized spacial score (nSPS) is 14.1. The molecule has 0 radical (unpaired) electrons. The van der Waals surface area contributed by atoms with Gasteiger partial charge in [-0.3, -0.25) is 4.57 Å². The first kappa shape index (κ1) is 25.3. The number of hydrogen-bond acceptors (Lipinski definition) is 5. The van der Waals surface area contributed by atoms with Gasteiger partial charge < -0.3 is 20.1 Å². The summed E-state index contributed by atoms with van der Waals surface area (Å²) in [4.78, 5) is 0. The number of halogens is 4. The zero-order valence-electron chi connectivity index (χ0n) is 16.8. The first-order valence-corrected chi connectivity index (χ1v) is 10.6. The third kappa shape index (κ3) is 7.92. The number of nitrogens with two attached hydrogens (primary N) is 1. The van der Waals surface area contributed by atoms with Crippen LogP contribution in [0.5, 0.6) is 5.75 Å². The zero-order valence-corrected chi connectivity index (χ0v) is 18.0. The summed E-state index contributed by atoms with van der Waals surface area (Å²) in [5.74, 6) is -0.659. The van der Waals surface area contributed by atoms with E-state index in [0.29, 0.717) is 24.0 Å². The minimum atomic E-state index is -4.62. The van der Waals surface area contributed by atoms with Crippen LogP contribution in [0.25, 0.3) is 0 Å². The highest BCUT2D eigenvalue weighted by Crippen LogP contribution is 2.37. The Labute approximate surface area is 179 Å². The third-order valence-corrected chi connectivity index (χ3v) is 5.12. The van der Waals surface area contributed by atoms with Crippen LogP contribution in [0.2, 0.25) is 0 Å². The van der Waals surface area contributed by atoms with Gasteiger partial charge in [0.1, 0.15) is 11.6 Å². The largest absolute Gasteiger partial charge is 0.493 e. The first-order chi connectivity index (χ1) is 14.7. The number of rotatable bonds is 12. The number of benzene rings is 2. The molecule has 0 fully saturated rings. The van der Waals surface area contributed by atoms with Crippen molar-refractivity contribution in [3.8, 4) is 5.75 Å². The fourth-order valence-electron chi connectivity index (χ4n) is 3.02. The van der Waals surface area contributed by atoms with Gasteiger partial charge in [-0.25, -0.2) is 4.39 Å². The van der Waals surface area contributed by atoms with Gasteiger partial charge in [0.05, 0.1) is 30.9 Å². The summed E-state index contributed by atoms with van der Waals surface area (Å²) in [6.07, 6.45) is -3.62. The highest BCUT2D eigenvalue weighted by molar-refractivity contribution is 7.17. The average molecular weight is 463 g/mol. The Bertz CT molecular complexity index is 866. The van der Waals surface area contributed by atoms with Gasteiger partial charge in [-0.1, -0.05) is 24.3 Å². The summed E-state index contributed by atoms with van der Waals surface area (Å²) in [5, 5.41) is 9.42. The maximum absolute atomic E-state index is 13.6. The van der Waals surface area contributed by atoms with E-state index in [9.17, 15) is 27.2 Å². The lowest BCUT2D eigenvalue weighted by atomic mass is 9.93. The molecule has 10 heteroatoms. The fraction of sp³-hybridized carbons (Fsp3) is 0.429. The lowest BCUT2D eigenvalue weighted by Crippen LogP contribution is -2.47. The molecule has 0 spiro atoms. The topological polar surface area (TPSA) is 81.8 Å². The summed E-state index contributed by atoms with van der Waals surface area (Å²) in [7, 11) is -1.49. The van der Waals surface area contributed by atoms with Crippen molar-refractivity contribution >= 4 is 8.69 Å². The van der Waals surface area contributed by atoms with E-state index in [1.807, 2.05) is 0 Å². The van der Waals surface area contributed by atoms with Crippen LogP contribution in [0.15, 0.2) is 42.5 Å². The van der Waals surface area contributed by atoms with Crippen LogP contribution >= 0.6 is 8.69 Å². The summed E-state index contributed by atoms with van der Waals surface area (Å²) < 4.78 is 74.8. The van der Waals surface area contributed by atoms with Gasteiger partial charge in [-0.2, -0.15) is 13.2 Å². The minimum Gasteiger partial charge on any atom is -0.493 e. The third-order valence-electron chi connectivity index (χ3n) is 4.82. The highest BCUT2D eigenvalue weighted by atomic mass is 31.1. The number of ether oxygens (including phenoxy) is 1. The molecule has 0 saturated heterocycles. The fourth-order valence-corrected chi connectivity index (χ4v) is 3.42. The lowest BCUT2D eigenvalue weighted by Gasteiger charge is -2.26. The first-order valence-electron chi connectivity index (χ1n) is 9.70. The molecule has 2 aromatic rings. The zero-order chi connectivity index (χ0) is 22.9. The molecule has 0 aliphatic carbocycles. The van der Waals surface area contributed by atoms with E-state index in [-0.39, 0.29) is 37.6 Å². The van der Waals surface area contributed by atoms with Crippen molar-refractivity contribution < 1.29 is 36.5 Å². The average Bonchev–Trinajstić information content (AvgIpc) is 2.74. The second-order valence-electron chi connectivity index (χ2n) is 7.30. The van der Waals surface area contributed by atoms with E-state index in [4.69, 9.17) is 15.0 Å². The molecule has 0 aliphatic rings. The number of hydrogen-bond donors (Lipinski definition) is 2. The smallest absolute Gasteiger partial charge is 0.419 e. The van der Waals surface area contributed by atoms with E-state index in [2.05, 4.69) is 0 Å². The molecule has 0 bridgehead atoms. The Kier molecular flexibility index (Phi) is 9.50. The van der Waals surface area contributed by atoms with Crippen LogP contribution in [-0.4, -0.2) is 30.5 Å². The molecule has 2 unspecified atom stereocenters. The van der Waals surface area contributed by atoms with E-state index >= 15 is 0 Å². The summed E-state index contributed by atoms with van der Waals surface area (Å²) in [5.41, 5.74) is 4.68. The molecular formula is C21H26F4NO4P. The molecule has 2 aromatic carbocycles. The summed E-state index contributed by atoms with van der Waals surface area (Å²) in [6, 6.07) is 9.95. The van der Waals surface area contributed by atoms with Crippen LogP contribution < -0.4 is 10.5 Å². The Balaban J connectivity index is 2.02. The van der Waals surface area contributed by atoms with E-state index in [1.54, 1.807) is 18.2 Å². The minimum absolute atomic E-state index is 0.00204. The van der Waals surface area contributed by atoms with Crippen LogP contribution in [0.1, 0.15) is 29.5 Å². The van der Waals surface area contributed by atoms with Crippen LogP contribution in [0.4, 0.5) is 17.6 Å². The van der Waals surface area contributed by atoms with Crippen LogP contribution in [-0.2, 0) is 28.1 Å². The van der Waals surface area contributed by atoms with E-state index < -0.39 is 32.6 Å². The second kappa shape index (κ2) is 11.6. The van der Waals surface area contributed by atoms with Gasteiger partial charge in [0.2, 0.25) is 0 Å². The van der Waals surface area contributed by atoms with Crippen molar-refractivity contribution in [2.24, 2.45) is 5.73 Å². The standard InChI is InChI=1S/C21H26F4NO4P/c22-18-6-2-1-4-16(18)5-3-11-29-19-8-7-15(12-17(19)21(23,24)25)9-10-20(26,13-27)14-30-31-28/h1-2,4,6-8,12,27H,3,5,9-11,13-14,26,31H2. The highest BCUT2D eigenvalue weighted by Gasteiger charge is 2.35. The van der Waals surface area contributed by atoms with Gasteiger partial charge in [0.15, 0.2) is 8.69 Å². The predicted octanol–water partition coefficient (Wildman–Crippen LogP) is 4.17. The predicted molar refractivity (Wildman–Crippen MR) is 110 cm³/mol. The molecule has 0 aromatic heterocycles. The van der Waals surface area contributed by atoms with Gasteiger partial charge in [-0.05, 0) is 55.0 Å². The van der Waals surface area contributed by atoms with Crippen molar-refractivity contribution in [3.63, 3.8) is 0 Å². The molecule has 2 rings (SSSR count). The number of alkyl halides is 3. The van der Waals surface area contributed by atoms with Crippen molar-refractivity contribution in [2.75, 3.05) is 19.8 Å². The quantitative estimate of drug-likeness (QED) is 0.281. The lowest BCUT2D eigenvalue weighted by molar-refractivity contribution is -0.139. The maximum Gasteiger partial charge on any atom is 0.419 e. The Morgan fingerprint density at radius 2 is 1.84 bits per heavy atom. The van der Waals surface area contributed by atoms with Crippen molar-refractivity contribution in [1.29, 1.82) is 0 Å². The number of aliphatic hydroxyl groups is 1. The van der Waals surface area contributed by atoms with E-state index in [1.165, 1.54) is 18.2 Å². The number of aryl methyl sites for hydroxylation is 2. The van der Waals surface area contributed by atoms with Crippen LogP contribution in [0, 0.1) is 5.82 Å². The molecule has 0 aliphatic heterocycles. The SMILES string of the molecule is NC(CO)(CCc1ccc(OCCCc2ccccc2F)c(C(F)(F)F)c1)CO[PH2]=O. The Hall–Kier alpha value is -1.93. The Morgan fingerprint density at radius 1 is 1.10 bits per heavy atom. The van der Waals surface area contributed by atoms with Gasteiger partial charge in [0.25, 0.3) is 0 Å². The molecule has 172 valence electrons. The molecule has 2 atom stereocenters. The molecule has 3 N–H and O–H groups in total. The molecular weight excluding hydrogens is 437 g/mol. The van der Waals surface area contributed by atoms with Gasteiger partial charge >= 0.3 is 6.18 Å². The van der Waals surface area contributed by atoms with Crippen molar-refractivity contribution in [1.82, 2.24) is 0 Å². The monoisotopic (exact) mass is 463 g/mol. The van der Waals surface area contributed by atoms with Gasteiger partial charge in [0, 0.05) is 0 Å². The molecule has 5 nitrogen and oxygen atoms in total. The Morgan fingerprint density at radius 3 is 2.48 bits per heavy atom. The van der Waals surface area contributed by atoms with E-state index in [0.717, 1.165) is 6.07 Å². The second-order valence-corrected chi connectivity index (χ2v) is 7.83. The van der Waals surface area contributed by atoms with Crippen LogP contribution in [0.3, 0.4) is 0 Å². The maximum atomic E-state index is 13.6. The molecule has 0 saturated carbocycles. The molecule has 0 heterocycles. The summed E-state index contributed by atoms with van der Waals surface area (Å²) >= 11 is 0. The van der Waals surface area contributed by atoms with Crippen molar-refractivity contribution in [2.45, 2.75) is 37.4 Å². The van der Waals surface area contributed by atoms with Crippen molar-refractivity contribution in [3.05, 3.63) is 65.0 Å². The number of aliphatic hydroxyl groups excluding tert-OH is 1.